The van der Waals surface area contributed by atoms with Gasteiger partial charge >= 0.3 is 11.9 Å². The largest absolute Gasteiger partial charge is 0.481 e. The summed E-state index contributed by atoms with van der Waals surface area (Å²) >= 11 is 0. The van der Waals surface area contributed by atoms with Crippen LogP contribution in [-0.2, 0) is 9.59 Å². The van der Waals surface area contributed by atoms with E-state index in [1.807, 2.05) is 6.92 Å². The molecule has 0 aliphatic carbocycles. The van der Waals surface area contributed by atoms with Crippen molar-refractivity contribution in [3.8, 4) is 0 Å². The van der Waals surface area contributed by atoms with Crippen molar-refractivity contribution in [3.05, 3.63) is 0 Å². The van der Waals surface area contributed by atoms with Crippen LogP contribution in [0.2, 0.25) is 0 Å². The molecule has 3 N–H and O–H groups in total. The van der Waals surface area contributed by atoms with Crippen molar-refractivity contribution in [3.63, 3.8) is 0 Å². The minimum Gasteiger partial charge on any atom is -0.481 e. The molecule has 0 heterocycles. The molecular weight excluding hydrogens is 212 g/mol. The lowest BCUT2D eigenvalue weighted by Gasteiger charge is -2.17. The van der Waals surface area contributed by atoms with Crippen molar-refractivity contribution in [1.82, 2.24) is 0 Å². The van der Waals surface area contributed by atoms with Crippen molar-refractivity contribution < 1.29 is 24.9 Å². The summed E-state index contributed by atoms with van der Waals surface area (Å²) < 4.78 is 0. The number of rotatable bonds is 9. The van der Waals surface area contributed by atoms with Gasteiger partial charge in [0.15, 0.2) is 0 Å². The predicted molar refractivity (Wildman–Crippen MR) is 58.1 cm³/mol. The van der Waals surface area contributed by atoms with Crippen LogP contribution < -0.4 is 0 Å². The lowest BCUT2D eigenvalue weighted by molar-refractivity contribution is -0.148. The number of aliphatic hydroxyl groups excluding tert-OH is 1. The lowest BCUT2D eigenvalue weighted by atomic mass is 9.93. The van der Waals surface area contributed by atoms with Gasteiger partial charge < -0.3 is 15.3 Å². The van der Waals surface area contributed by atoms with Gasteiger partial charge in [0.1, 0.15) is 0 Å². The minimum absolute atomic E-state index is 0.337. The highest BCUT2D eigenvalue weighted by atomic mass is 16.4. The van der Waals surface area contributed by atoms with Crippen LogP contribution >= 0.6 is 0 Å². The van der Waals surface area contributed by atoms with Gasteiger partial charge in [0.05, 0.1) is 18.4 Å². The molecule has 0 unspecified atom stereocenters. The second-order valence-electron chi connectivity index (χ2n) is 3.96. The first-order chi connectivity index (χ1) is 7.49. The van der Waals surface area contributed by atoms with E-state index >= 15 is 0 Å². The summed E-state index contributed by atoms with van der Waals surface area (Å²) in [4.78, 5) is 21.2. The van der Waals surface area contributed by atoms with Crippen LogP contribution in [0, 0.1) is 5.92 Å². The molecule has 2 atom stereocenters. The van der Waals surface area contributed by atoms with Crippen molar-refractivity contribution in [2.75, 3.05) is 0 Å². The smallest absolute Gasteiger partial charge is 0.309 e. The Morgan fingerprint density at radius 1 is 1.12 bits per heavy atom. The van der Waals surface area contributed by atoms with E-state index in [1.54, 1.807) is 0 Å². The normalized spacial score (nSPS) is 14.4. The van der Waals surface area contributed by atoms with Crippen LogP contribution in [0.5, 0.6) is 0 Å². The van der Waals surface area contributed by atoms with E-state index in [4.69, 9.17) is 10.2 Å². The van der Waals surface area contributed by atoms with E-state index in [1.165, 1.54) is 0 Å². The van der Waals surface area contributed by atoms with Crippen molar-refractivity contribution in [2.45, 2.75) is 51.6 Å². The van der Waals surface area contributed by atoms with E-state index < -0.39 is 30.4 Å². The first-order valence-electron chi connectivity index (χ1n) is 5.61. The summed E-state index contributed by atoms with van der Waals surface area (Å²) in [5, 5.41) is 26.8. The summed E-state index contributed by atoms with van der Waals surface area (Å²) in [6.45, 7) is 2.05. The molecule has 0 radical (unpaired) electrons. The quantitative estimate of drug-likeness (QED) is 0.523. The maximum atomic E-state index is 10.8. The van der Waals surface area contributed by atoms with Gasteiger partial charge in [-0.25, -0.2) is 0 Å². The lowest BCUT2D eigenvalue weighted by Crippen LogP contribution is -2.30. The first-order valence-corrected chi connectivity index (χ1v) is 5.61. The first kappa shape index (κ1) is 14.9. The molecule has 5 heteroatoms. The fraction of sp³-hybridized carbons (Fsp3) is 0.818. The molecule has 0 amide bonds. The standard InChI is InChI=1S/C11H20O5/c1-2-3-4-5-6-8(11(15)16)9(12)7-10(13)14/h8-9,12H,2-7H2,1H3,(H,13,14)(H,15,16)/t8-,9-/m1/s1. The van der Waals surface area contributed by atoms with Crippen molar-refractivity contribution in [2.24, 2.45) is 5.92 Å². The number of hydrogen-bond donors (Lipinski definition) is 3. The number of aliphatic carboxylic acids is 2. The van der Waals surface area contributed by atoms with E-state index in [0.717, 1.165) is 19.3 Å². The zero-order valence-corrected chi connectivity index (χ0v) is 9.56. The van der Waals surface area contributed by atoms with E-state index in [9.17, 15) is 14.7 Å². The number of hydrogen-bond acceptors (Lipinski definition) is 3. The highest BCUT2D eigenvalue weighted by Crippen LogP contribution is 2.17. The molecule has 0 spiro atoms. The van der Waals surface area contributed by atoms with Crippen LogP contribution in [0.1, 0.15) is 45.4 Å². The summed E-state index contributed by atoms with van der Waals surface area (Å²) in [7, 11) is 0. The number of carbonyl (C=O) groups is 2. The second-order valence-corrected chi connectivity index (χ2v) is 3.96. The van der Waals surface area contributed by atoms with Gasteiger partial charge in [0.2, 0.25) is 0 Å². The molecular formula is C11H20O5. The molecule has 0 bridgehead atoms. The molecule has 0 aromatic rings. The minimum atomic E-state index is -1.29. The molecule has 0 aromatic heterocycles. The fourth-order valence-electron chi connectivity index (χ4n) is 1.59. The number of unbranched alkanes of at least 4 members (excludes halogenated alkanes) is 3. The molecule has 0 rings (SSSR count). The third-order valence-corrected chi connectivity index (χ3v) is 2.53. The molecule has 0 saturated carbocycles. The number of carboxylic acid groups (broad SMARTS) is 2. The average Bonchev–Trinajstić information content (AvgIpc) is 2.15. The monoisotopic (exact) mass is 232 g/mol. The summed E-state index contributed by atoms with van der Waals surface area (Å²) in [5.74, 6) is -3.26. The Balaban J connectivity index is 4.06. The zero-order chi connectivity index (χ0) is 12.6. The SMILES string of the molecule is CCCCCC[C@@H](C(=O)O)[C@H](O)CC(=O)O. The maximum Gasteiger partial charge on any atom is 0.309 e. The molecule has 16 heavy (non-hydrogen) atoms. The number of aliphatic hydroxyl groups is 1. The van der Waals surface area contributed by atoms with Gasteiger partial charge in [-0.1, -0.05) is 32.6 Å². The van der Waals surface area contributed by atoms with Gasteiger partial charge in [-0.3, -0.25) is 9.59 Å². The molecule has 0 aliphatic rings. The highest BCUT2D eigenvalue weighted by molar-refractivity contribution is 5.73. The van der Waals surface area contributed by atoms with Gasteiger partial charge in [-0.15, -0.1) is 0 Å². The highest BCUT2D eigenvalue weighted by Gasteiger charge is 2.27. The Hall–Kier alpha value is -1.10. The molecule has 0 aliphatic heterocycles. The van der Waals surface area contributed by atoms with Gasteiger partial charge in [0.25, 0.3) is 0 Å². The zero-order valence-electron chi connectivity index (χ0n) is 9.56. The maximum absolute atomic E-state index is 10.8. The fourth-order valence-corrected chi connectivity index (χ4v) is 1.59. The third kappa shape index (κ3) is 6.40. The Morgan fingerprint density at radius 2 is 1.75 bits per heavy atom. The molecule has 0 saturated heterocycles. The third-order valence-electron chi connectivity index (χ3n) is 2.53. The van der Waals surface area contributed by atoms with E-state index in [-0.39, 0.29) is 0 Å². The van der Waals surface area contributed by atoms with Crippen LogP contribution in [-0.4, -0.2) is 33.4 Å². The van der Waals surface area contributed by atoms with Crippen LogP contribution in [0.15, 0.2) is 0 Å². The molecule has 0 aromatic carbocycles. The van der Waals surface area contributed by atoms with Crippen molar-refractivity contribution >= 4 is 11.9 Å². The topological polar surface area (TPSA) is 94.8 Å². The molecule has 0 fully saturated rings. The average molecular weight is 232 g/mol. The molecule has 94 valence electrons. The Bertz CT molecular complexity index is 226. The predicted octanol–water partition coefficient (Wildman–Crippen LogP) is 1.49. The van der Waals surface area contributed by atoms with E-state index in [2.05, 4.69) is 0 Å². The van der Waals surface area contributed by atoms with Crippen LogP contribution in [0.3, 0.4) is 0 Å². The second kappa shape index (κ2) is 8.10. The Morgan fingerprint density at radius 3 is 2.19 bits per heavy atom. The summed E-state index contributed by atoms with van der Waals surface area (Å²) in [5.41, 5.74) is 0. The van der Waals surface area contributed by atoms with Crippen molar-refractivity contribution in [1.29, 1.82) is 0 Å². The summed E-state index contributed by atoms with van der Waals surface area (Å²) in [6, 6.07) is 0. The van der Waals surface area contributed by atoms with Crippen LogP contribution in [0.4, 0.5) is 0 Å². The Kier molecular flexibility index (Phi) is 7.54. The number of carboxylic acids is 2. The van der Waals surface area contributed by atoms with Gasteiger partial charge in [-0.2, -0.15) is 0 Å². The van der Waals surface area contributed by atoms with Gasteiger partial charge in [0, 0.05) is 0 Å². The Labute approximate surface area is 95.1 Å². The van der Waals surface area contributed by atoms with E-state index in [0.29, 0.717) is 12.8 Å². The molecule has 5 nitrogen and oxygen atoms in total. The van der Waals surface area contributed by atoms with Crippen LogP contribution in [0.25, 0.3) is 0 Å². The van der Waals surface area contributed by atoms with Gasteiger partial charge in [-0.05, 0) is 6.42 Å². The summed E-state index contributed by atoms with van der Waals surface area (Å²) in [6.07, 6.45) is 2.24.